The summed E-state index contributed by atoms with van der Waals surface area (Å²) in [5, 5.41) is 3.26. The minimum atomic E-state index is -0.740. The zero-order chi connectivity index (χ0) is 20.3. The number of ether oxygens (including phenoxy) is 1. The Bertz CT molecular complexity index is 1100. The fourth-order valence-electron chi connectivity index (χ4n) is 2.67. The third kappa shape index (κ3) is 4.28. The van der Waals surface area contributed by atoms with Crippen molar-refractivity contribution in [2.45, 2.75) is 20.8 Å². The van der Waals surface area contributed by atoms with Crippen LogP contribution in [0.4, 0.5) is 0 Å². The number of fused-ring (bicyclic) bond motifs is 1. The fourth-order valence-corrected chi connectivity index (χ4v) is 2.67. The molecule has 0 aliphatic rings. The van der Waals surface area contributed by atoms with E-state index in [0.717, 1.165) is 5.56 Å². The van der Waals surface area contributed by atoms with Gasteiger partial charge in [0.2, 0.25) is 0 Å². The molecule has 28 heavy (non-hydrogen) atoms. The largest absolute Gasteiger partial charge is 0.423 e. The Balaban J connectivity index is 1.85. The first-order chi connectivity index (χ1) is 13.3. The number of amides is 1. The van der Waals surface area contributed by atoms with Crippen molar-refractivity contribution in [2.24, 2.45) is 5.92 Å². The Morgan fingerprint density at radius 3 is 2.54 bits per heavy atom. The van der Waals surface area contributed by atoms with Gasteiger partial charge >= 0.3 is 11.6 Å². The van der Waals surface area contributed by atoms with Gasteiger partial charge < -0.3 is 14.5 Å². The lowest BCUT2D eigenvalue weighted by atomic mass is 10.1. The van der Waals surface area contributed by atoms with Gasteiger partial charge in [0.1, 0.15) is 16.9 Å². The van der Waals surface area contributed by atoms with E-state index < -0.39 is 17.5 Å². The fraction of sp³-hybridized carbons (Fsp3) is 0.227. The molecule has 0 bridgehead atoms. The number of rotatable bonds is 5. The van der Waals surface area contributed by atoms with Crippen LogP contribution in [0, 0.1) is 12.8 Å². The Kier molecular flexibility index (Phi) is 5.59. The maximum absolute atomic E-state index is 12.3. The maximum Gasteiger partial charge on any atom is 0.349 e. The number of benzene rings is 2. The summed E-state index contributed by atoms with van der Waals surface area (Å²) >= 11 is 0. The summed E-state index contributed by atoms with van der Waals surface area (Å²) in [5.74, 6) is -0.452. The topological polar surface area (TPSA) is 85.6 Å². The molecule has 0 saturated carbocycles. The van der Waals surface area contributed by atoms with E-state index in [1.54, 1.807) is 24.3 Å². The molecule has 1 amide bonds. The van der Waals surface area contributed by atoms with Gasteiger partial charge in [-0.15, -0.1) is 0 Å². The Morgan fingerprint density at radius 2 is 1.82 bits per heavy atom. The number of esters is 1. The second-order valence-corrected chi connectivity index (χ2v) is 6.96. The molecular formula is C22H21NO5. The van der Waals surface area contributed by atoms with Gasteiger partial charge in [-0.1, -0.05) is 32.0 Å². The van der Waals surface area contributed by atoms with Crippen LogP contribution in [0.5, 0.6) is 5.75 Å². The molecule has 1 N–H and O–H groups in total. The summed E-state index contributed by atoms with van der Waals surface area (Å²) < 4.78 is 10.7. The molecule has 3 rings (SSSR count). The molecule has 6 heteroatoms. The predicted octanol–water partition coefficient (Wildman–Crippen LogP) is 3.71. The van der Waals surface area contributed by atoms with Gasteiger partial charge in [-0.25, -0.2) is 9.59 Å². The SMILES string of the molecule is Cc1ccccc1C(=O)Oc1ccc2cc(C(=O)NCC(C)C)c(=O)oc2c1. The lowest BCUT2D eigenvalue weighted by molar-refractivity contribution is 0.0734. The average molecular weight is 379 g/mol. The third-order valence-electron chi connectivity index (χ3n) is 4.20. The Morgan fingerprint density at radius 1 is 1.07 bits per heavy atom. The summed E-state index contributed by atoms with van der Waals surface area (Å²) in [6, 6.07) is 13.3. The van der Waals surface area contributed by atoms with Gasteiger partial charge in [-0.2, -0.15) is 0 Å². The summed E-state index contributed by atoms with van der Waals surface area (Å²) in [4.78, 5) is 36.7. The molecule has 2 aromatic carbocycles. The number of hydrogen-bond donors (Lipinski definition) is 1. The molecule has 0 aliphatic heterocycles. The number of aryl methyl sites for hydroxylation is 1. The minimum Gasteiger partial charge on any atom is -0.423 e. The highest BCUT2D eigenvalue weighted by molar-refractivity contribution is 5.97. The van der Waals surface area contributed by atoms with Crippen LogP contribution in [0.15, 0.2) is 57.7 Å². The molecule has 0 radical (unpaired) electrons. The van der Waals surface area contributed by atoms with Crippen LogP contribution >= 0.6 is 0 Å². The molecule has 1 aromatic heterocycles. The Labute approximate surface area is 162 Å². The average Bonchev–Trinajstić information content (AvgIpc) is 2.65. The van der Waals surface area contributed by atoms with Crippen molar-refractivity contribution in [3.63, 3.8) is 0 Å². The normalized spacial score (nSPS) is 10.9. The number of nitrogens with one attached hydrogen (secondary N) is 1. The highest BCUT2D eigenvalue weighted by Gasteiger charge is 2.15. The van der Waals surface area contributed by atoms with Crippen LogP contribution in [-0.2, 0) is 0 Å². The van der Waals surface area contributed by atoms with Crippen LogP contribution in [0.25, 0.3) is 11.0 Å². The van der Waals surface area contributed by atoms with Crippen molar-refractivity contribution in [2.75, 3.05) is 6.54 Å². The van der Waals surface area contributed by atoms with Crippen LogP contribution in [0.1, 0.15) is 40.1 Å². The maximum atomic E-state index is 12.3. The molecule has 0 unspecified atom stereocenters. The second kappa shape index (κ2) is 8.08. The molecule has 0 spiro atoms. The van der Waals surface area contributed by atoms with E-state index >= 15 is 0 Å². The first-order valence-corrected chi connectivity index (χ1v) is 8.99. The van der Waals surface area contributed by atoms with E-state index in [-0.39, 0.29) is 22.8 Å². The van der Waals surface area contributed by atoms with Crippen molar-refractivity contribution < 1.29 is 18.7 Å². The predicted molar refractivity (Wildman–Crippen MR) is 106 cm³/mol. The van der Waals surface area contributed by atoms with Gasteiger partial charge in [-0.05, 0) is 42.7 Å². The van der Waals surface area contributed by atoms with E-state index in [0.29, 0.717) is 17.5 Å². The molecule has 0 aliphatic carbocycles. The first-order valence-electron chi connectivity index (χ1n) is 8.99. The minimum absolute atomic E-state index is 0.0576. The summed E-state index contributed by atoms with van der Waals surface area (Å²) in [5.41, 5.74) is 0.701. The zero-order valence-electron chi connectivity index (χ0n) is 15.9. The molecule has 0 fully saturated rings. The number of hydrogen-bond acceptors (Lipinski definition) is 5. The number of carbonyl (C=O) groups is 2. The van der Waals surface area contributed by atoms with Gasteiger partial charge in [0.25, 0.3) is 5.91 Å². The molecule has 3 aromatic rings. The molecule has 0 saturated heterocycles. The molecule has 6 nitrogen and oxygen atoms in total. The molecule has 0 atom stereocenters. The van der Waals surface area contributed by atoms with Crippen molar-refractivity contribution in [1.29, 1.82) is 0 Å². The van der Waals surface area contributed by atoms with Crippen molar-refractivity contribution >= 4 is 22.8 Å². The molecule has 1 heterocycles. The van der Waals surface area contributed by atoms with Crippen LogP contribution < -0.4 is 15.7 Å². The van der Waals surface area contributed by atoms with Crippen LogP contribution in [0.3, 0.4) is 0 Å². The quantitative estimate of drug-likeness (QED) is 0.415. The van der Waals surface area contributed by atoms with E-state index in [1.165, 1.54) is 12.1 Å². The van der Waals surface area contributed by atoms with E-state index in [2.05, 4.69) is 5.32 Å². The van der Waals surface area contributed by atoms with Crippen molar-refractivity contribution in [3.8, 4) is 5.75 Å². The summed E-state index contributed by atoms with van der Waals surface area (Å²) in [7, 11) is 0. The van der Waals surface area contributed by atoms with Crippen molar-refractivity contribution in [1.82, 2.24) is 5.32 Å². The highest BCUT2D eigenvalue weighted by atomic mass is 16.5. The zero-order valence-corrected chi connectivity index (χ0v) is 15.9. The van der Waals surface area contributed by atoms with Gasteiger partial charge in [-0.3, -0.25) is 4.79 Å². The van der Waals surface area contributed by atoms with E-state index in [1.807, 2.05) is 32.9 Å². The van der Waals surface area contributed by atoms with Gasteiger partial charge in [0.15, 0.2) is 0 Å². The monoisotopic (exact) mass is 379 g/mol. The van der Waals surface area contributed by atoms with E-state index in [9.17, 15) is 14.4 Å². The number of carbonyl (C=O) groups excluding carboxylic acids is 2. The van der Waals surface area contributed by atoms with Gasteiger partial charge in [0, 0.05) is 18.0 Å². The highest BCUT2D eigenvalue weighted by Crippen LogP contribution is 2.22. The van der Waals surface area contributed by atoms with E-state index in [4.69, 9.17) is 9.15 Å². The smallest absolute Gasteiger partial charge is 0.349 e. The first kappa shape index (κ1) is 19.4. The standard InChI is InChI=1S/C22H21NO5/c1-13(2)12-23-20(24)18-10-15-8-9-16(11-19(15)28-22(18)26)27-21(25)17-7-5-4-6-14(17)3/h4-11,13H,12H2,1-3H3,(H,23,24). The van der Waals surface area contributed by atoms with Crippen LogP contribution in [-0.4, -0.2) is 18.4 Å². The lowest BCUT2D eigenvalue weighted by Crippen LogP contribution is -2.31. The second-order valence-electron chi connectivity index (χ2n) is 6.96. The summed E-state index contributed by atoms with van der Waals surface area (Å²) in [6.45, 7) is 6.21. The Hall–Kier alpha value is -3.41. The molecule has 144 valence electrons. The third-order valence-corrected chi connectivity index (χ3v) is 4.20. The van der Waals surface area contributed by atoms with Gasteiger partial charge in [0.05, 0.1) is 5.56 Å². The molecular weight excluding hydrogens is 358 g/mol. The lowest BCUT2D eigenvalue weighted by Gasteiger charge is -2.09. The summed E-state index contributed by atoms with van der Waals surface area (Å²) in [6.07, 6.45) is 0. The van der Waals surface area contributed by atoms with Crippen molar-refractivity contribution in [3.05, 3.63) is 75.6 Å². The van der Waals surface area contributed by atoms with Crippen LogP contribution in [0.2, 0.25) is 0 Å².